The molecule has 172 valence electrons. The maximum Gasteiger partial charge on any atom is 0.158 e. The fourth-order valence-electron chi connectivity index (χ4n) is 3.32. The van der Waals surface area contributed by atoms with Gasteiger partial charge in [0.15, 0.2) is 5.82 Å². The van der Waals surface area contributed by atoms with Crippen LogP contribution in [0.2, 0.25) is 5.02 Å². The Morgan fingerprint density at radius 3 is 2.58 bits per heavy atom. The Morgan fingerprint density at radius 1 is 1.29 bits per heavy atom. The number of unbranched alkanes of at least 4 members (excludes halogenated alkanes) is 1. The van der Waals surface area contributed by atoms with Gasteiger partial charge in [-0.15, -0.1) is 0 Å². The number of aryl methyl sites for hydroxylation is 1. The third-order valence-corrected chi connectivity index (χ3v) is 6.24. The van der Waals surface area contributed by atoms with E-state index in [1.807, 2.05) is 38.1 Å². The van der Waals surface area contributed by atoms with Gasteiger partial charge in [-0.2, -0.15) is 0 Å². The molecule has 6 N–H and O–H groups in total. The third kappa shape index (κ3) is 7.10. The van der Waals surface area contributed by atoms with E-state index in [0.717, 1.165) is 17.5 Å². The van der Waals surface area contributed by atoms with Crippen LogP contribution < -0.4 is 16.3 Å². The maximum absolute atomic E-state index is 9.09. The van der Waals surface area contributed by atoms with Gasteiger partial charge in [0.05, 0.1) is 10.3 Å². The molecule has 8 nitrogen and oxygen atoms in total. The Bertz CT molecular complexity index is 800. The van der Waals surface area contributed by atoms with Gasteiger partial charge in [0.1, 0.15) is 11.8 Å². The topological polar surface area (TPSA) is 123 Å². The predicted octanol–water partition coefficient (Wildman–Crippen LogP) is 2.51. The highest BCUT2D eigenvalue weighted by Gasteiger charge is 2.34. The first kappa shape index (κ1) is 26.0. The van der Waals surface area contributed by atoms with E-state index in [4.69, 9.17) is 33.0 Å². The Labute approximate surface area is 193 Å². The van der Waals surface area contributed by atoms with E-state index in [1.54, 1.807) is 24.5 Å². The molecule has 1 heterocycles. The van der Waals surface area contributed by atoms with Crippen LogP contribution in [0, 0.1) is 6.92 Å². The lowest BCUT2D eigenvalue weighted by molar-refractivity contribution is 0.0882. The molecule has 0 aliphatic heterocycles. The monoisotopic (exact) mass is 468 g/mol. The van der Waals surface area contributed by atoms with Crippen LogP contribution in [-0.2, 0) is 10.4 Å². The van der Waals surface area contributed by atoms with Gasteiger partial charge in [0.25, 0.3) is 0 Å². The fourth-order valence-corrected chi connectivity index (χ4v) is 4.34. The standard InChI is InChI=1S/C21H33ClN6O2S/c1-15-8-4-5-9-18(15)21(23,28(24)10-6-7-11-29)14-27-31-16(2)19(30-3)20-25-12-17(22)13-26-20/h4-5,8-9,12-13,16,19,27,29H,6-7,10-11,14,23-24H2,1-3H3. The lowest BCUT2D eigenvalue weighted by Crippen LogP contribution is -2.61. The van der Waals surface area contributed by atoms with Crippen molar-refractivity contribution in [3.63, 3.8) is 0 Å². The average molecular weight is 469 g/mol. The Hall–Kier alpha value is -1.30. The molecule has 0 aliphatic rings. The molecular weight excluding hydrogens is 436 g/mol. The summed E-state index contributed by atoms with van der Waals surface area (Å²) in [4.78, 5) is 8.55. The lowest BCUT2D eigenvalue weighted by atomic mass is 9.94. The summed E-state index contributed by atoms with van der Waals surface area (Å²) in [5.74, 6) is 6.99. The van der Waals surface area contributed by atoms with Crippen molar-refractivity contribution in [2.24, 2.45) is 11.6 Å². The average Bonchev–Trinajstić information content (AvgIpc) is 2.75. The van der Waals surface area contributed by atoms with Crippen LogP contribution in [0.4, 0.5) is 0 Å². The van der Waals surface area contributed by atoms with Gasteiger partial charge >= 0.3 is 0 Å². The minimum Gasteiger partial charge on any atom is -0.396 e. The van der Waals surface area contributed by atoms with Gasteiger partial charge in [0.2, 0.25) is 0 Å². The number of aromatic nitrogens is 2. The highest BCUT2D eigenvalue weighted by molar-refractivity contribution is 7.98. The second kappa shape index (κ2) is 12.7. The molecule has 1 aromatic heterocycles. The molecule has 0 radical (unpaired) electrons. The zero-order valence-electron chi connectivity index (χ0n) is 18.3. The number of ether oxygens (including phenoxy) is 1. The number of nitrogens with one attached hydrogen (secondary N) is 1. The Balaban J connectivity index is 2.10. The molecule has 0 amide bonds. The molecule has 2 rings (SSSR count). The van der Waals surface area contributed by atoms with Crippen LogP contribution in [0.15, 0.2) is 36.7 Å². The number of rotatable bonds is 13. The van der Waals surface area contributed by atoms with Crippen molar-refractivity contribution in [1.29, 1.82) is 0 Å². The van der Waals surface area contributed by atoms with E-state index in [-0.39, 0.29) is 18.0 Å². The second-order valence-corrected chi connectivity index (χ2v) is 9.13. The fraction of sp³-hybridized carbons (Fsp3) is 0.524. The van der Waals surface area contributed by atoms with Crippen molar-refractivity contribution >= 4 is 23.5 Å². The summed E-state index contributed by atoms with van der Waals surface area (Å²) in [6.45, 7) is 5.14. The number of hydrogen-bond donors (Lipinski definition) is 4. The van der Waals surface area contributed by atoms with Crippen LogP contribution in [0.1, 0.15) is 42.8 Å². The molecule has 0 saturated heterocycles. The number of methoxy groups -OCH3 is 1. The van der Waals surface area contributed by atoms with Crippen molar-refractivity contribution in [3.05, 3.63) is 58.6 Å². The van der Waals surface area contributed by atoms with E-state index < -0.39 is 5.66 Å². The lowest BCUT2D eigenvalue weighted by Gasteiger charge is -2.40. The smallest absolute Gasteiger partial charge is 0.158 e. The highest BCUT2D eigenvalue weighted by atomic mass is 35.5. The number of hydrazine groups is 1. The molecule has 2 aromatic rings. The zero-order chi connectivity index (χ0) is 22.9. The summed E-state index contributed by atoms with van der Waals surface area (Å²) >= 11 is 7.38. The minimum atomic E-state index is -0.924. The maximum atomic E-state index is 9.09. The van der Waals surface area contributed by atoms with Crippen molar-refractivity contribution in [2.45, 2.75) is 43.7 Å². The largest absolute Gasteiger partial charge is 0.396 e. The van der Waals surface area contributed by atoms with E-state index in [0.29, 0.717) is 30.4 Å². The Kier molecular flexibility index (Phi) is 10.6. The van der Waals surface area contributed by atoms with Crippen LogP contribution in [0.3, 0.4) is 0 Å². The van der Waals surface area contributed by atoms with Gasteiger partial charge in [-0.05, 0) is 37.8 Å². The number of benzene rings is 1. The van der Waals surface area contributed by atoms with Crippen LogP contribution >= 0.6 is 23.5 Å². The predicted molar refractivity (Wildman–Crippen MR) is 126 cm³/mol. The zero-order valence-corrected chi connectivity index (χ0v) is 19.9. The molecule has 1 aromatic carbocycles. The van der Waals surface area contributed by atoms with Gasteiger partial charge in [-0.3, -0.25) is 10.6 Å². The number of aliphatic hydroxyl groups is 1. The molecule has 0 bridgehead atoms. The van der Waals surface area contributed by atoms with Crippen molar-refractivity contribution in [2.75, 3.05) is 26.8 Å². The highest BCUT2D eigenvalue weighted by Crippen LogP contribution is 2.28. The number of nitrogens with zero attached hydrogens (tertiary/aromatic N) is 3. The van der Waals surface area contributed by atoms with Crippen LogP contribution in [0.25, 0.3) is 0 Å². The molecule has 0 spiro atoms. The first-order valence-electron chi connectivity index (χ1n) is 10.2. The molecule has 3 unspecified atom stereocenters. The van der Waals surface area contributed by atoms with Crippen LogP contribution in [-0.4, -0.2) is 52.1 Å². The normalized spacial score (nSPS) is 15.6. The number of nitrogens with two attached hydrogens (primary N) is 2. The molecule has 0 fully saturated rings. The molecule has 0 saturated carbocycles. The number of aliphatic hydroxyl groups excluding tert-OH is 1. The van der Waals surface area contributed by atoms with E-state index >= 15 is 0 Å². The third-order valence-electron chi connectivity index (χ3n) is 5.12. The summed E-state index contributed by atoms with van der Waals surface area (Å²) in [5.41, 5.74) is 7.95. The summed E-state index contributed by atoms with van der Waals surface area (Å²) < 4.78 is 9.00. The van der Waals surface area contributed by atoms with Gasteiger partial charge in [0, 0.05) is 39.2 Å². The van der Waals surface area contributed by atoms with Crippen molar-refractivity contribution in [3.8, 4) is 0 Å². The van der Waals surface area contributed by atoms with E-state index in [2.05, 4.69) is 14.7 Å². The summed E-state index contributed by atoms with van der Waals surface area (Å²) in [6.07, 6.45) is 4.22. The number of halogens is 1. The molecule has 10 heteroatoms. The molecular formula is C21H33ClN6O2S. The molecule has 31 heavy (non-hydrogen) atoms. The van der Waals surface area contributed by atoms with E-state index in [1.165, 1.54) is 11.9 Å². The SMILES string of the molecule is COC(c1ncc(Cl)cn1)C(C)SNCC(N)(c1ccccc1C)N(N)CCCCO. The summed E-state index contributed by atoms with van der Waals surface area (Å²) in [7, 11) is 1.63. The van der Waals surface area contributed by atoms with Crippen molar-refractivity contribution in [1.82, 2.24) is 19.7 Å². The van der Waals surface area contributed by atoms with Gasteiger partial charge in [-0.25, -0.2) is 15.0 Å². The van der Waals surface area contributed by atoms with Gasteiger partial charge < -0.3 is 15.6 Å². The second-order valence-electron chi connectivity index (χ2n) is 7.42. The van der Waals surface area contributed by atoms with E-state index in [9.17, 15) is 0 Å². The molecule has 0 aliphatic carbocycles. The van der Waals surface area contributed by atoms with Crippen LogP contribution in [0.5, 0.6) is 0 Å². The minimum absolute atomic E-state index is 0.00657. The Morgan fingerprint density at radius 2 is 1.97 bits per heavy atom. The van der Waals surface area contributed by atoms with Gasteiger partial charge in [-0.1, -0.05) is 47.8 Å². The first-order valence-corrected chi connectivity index (χ1v) is 11.5. The summed E-state index contributed by atoms with van der Waals surface area (Å²) in [6, 6.07) is 7.95. The summed E-state index contributed by atoms with van der Waals surface area (Å²) in [5, 5.41) is 11.2. The quantitative estimate of drug-likeness (QED) is 0.115. The number of hydrogen-bond acceptors (Lipinski definition) is 9. The first-order chi connectivity index (χ1) is 14.8. The molecule has 3 atom stereocenters. The van der Waals surface area contributed by atoms with Crippen molar-refractivity contribution < 1.29 is 9.84 Å².